The Kier molecular flexibility index (Phi) is 3.11. The van der Waals surface area contributed by atoms with Gasteiger partial charge in [-0.1, -0.05) is 27.2 Å². The van der Waals surface area contributed by atoms with Crippen LogP contribution in [0.25, 0.3) is 0 Å². The van der Waals surface area contributed by atoms with Gasteiger partial charge in [0, 0.05) is 11.6 Å². The van der Waals surface area contributed by atoms with E-state index in [0.29, 0.717) is 11.0 Å². The molecule has 0 heterocycles. The van der Waals surface area contributed by atoms with Crippen molar-refractivity contribution in [1.29, 1.82) is 0 Å². The first-order valence-corrected chi connectivity index (χ1v) is 7.03. The quantitative estimate of drug-likeness (QED) is 0.763. The molecule has 2 aliphatic carbocycles. The van der Waals surface area contributed by atoms with Gasteiger partial charge in [0.25, 0.3) is 0 Å². The van der Waals surface area contributed by atoms with Crippen LogP contribution in [-0.2, 0) is 0 Å². The van der Waals surface area contributed by atoms with E-state index < -0.39 is 0 Å². The zero-order valence-corrected chi connectivity index (χ0v) is 11.8. The lowest BCUT2D eigenvalue weighted by Gasteiger charge is -2.38. The number of hydrogen-bond acceptors (Lipinski definition) is 1. The molecule has 0 spiro atoms. The van der Waals surface area contributed by atoms with Crippen molar-refractivity contribution in [2.24, 2.45) is 17.3 Å². The maximum absolute atomic E-state index is 3.94. The molecule has 0 amide bonds. The summed E-state index contributed by atoms with van der Waals surface area (Å²) in [5, 5.41) is 3.94. The monoisotopic (exact) mass is 223 g/mol. The fourth-order valence-electron chi connectivity index (χ4n) is 4.30. The van der Waals surface area contributed by atoms with Crippen LogP contribution in [0.1, 0.15) is 66.7 Å². The van der Waals surface area contributed by atoms with Crippen molar-refractivity contribution in [1.82, 2.24) is 5.32 Å². The van der Waals surface area contributed by atoms with Crippen molar-refractivity contribution < 1.29 is 0 Å². The van der Waals surface area contributed by atoms with Crippen LogP contribution in [0.15, 0.2) is 0 Å². The van der Waals surface area contributed by atoms with Crippen molar-refractivity contribution in [3.8, 4) is 0 Å². The van der Waals surface area contributed by atoms with E-state index in [1.165, 1.54) is 32.1 Å². The highest BCUT2D eigenvalue weighted by Gasteiger charge is 2.41. The lowest BCUT2D eigenvalue weighted by molar-refractivity contribution is 0.197. The standard InChI is InChI=1S/C15H29N/c1-14(2,3)10-15(4,5)16-13-9-11-6-7-12(13)8-11/h11-13,16H,6-10H2,1-5H3. The Morgan fingerprint density at radius 1 is 1.00 bits per heavy atom. The predicted octanol–water partition coefficient (Wildman–Crippen LogP) is 3.98. The zero-order chi connectivity index (χ0) is 12.0. The van der Waals surface area contributed by atoms with Crippen molar-refractivity contribution >= 4 is 0 Å². The fraction of sp³-hybridized carbons (Fsp3) is 1.00. The second kappa shape index (κ2) is 4.01. The van der Waals surface area contributed by atoms with Crippen LogP contribution in [-0.4, -0.2) is 11.6 Å². The van der Waals surface area contributed by atoms with Crippen LogP contribution >= 0.6 is 0 Å². The molecule has 2 saturated carbocycles. The van der Waals surface area contributed by atoms with Gasteiger partial charge in [-0.05, 0) is 56.8 Å². The van der Waals surface area contributed by atoms with E-state index in [1.807, 2.05) is 0 Å². The molecule has 3 unspecified atom stereocenters. The maximum atomic E-state index is 3.94. The molecule has 2 fully saturated rings. The van der Waals surface area contributed by atoms with Gasteiger partial charge in [0.15, 0.2) is 0 Å². The maximum Gasteiger partial charge on any atom is 0.0132 e. The summed E-state index contributed by atoms with van der Waals surface area (Å²) in [6, 6.07) is 0.816. The van der Waals surface area contributed by atoms with Crippen LogP contribution in [0, 0.1) is 17.3 Å². The molecule has 0 aromatic heterocycles. The first-order valence-electron chi connectivity index (χ1n) is 7.03. The molecule has 0 aromatic rings. The molecule has 94 valence electrons. The molecule has 16 heavy (non-hydrogen) atoms. The highest BCUT2D eigenvalue weighted by molar-refractivity contribution is 4.97. The largest absolute Gasteiger partial charge is 0.309 e. The molecule has 2 aliphatic rings. The van der Waals surface area contributed by atoms with Crippen molar-refractivity contribution in [2.75, 3.05) is 0 Å². The van der Waals surface area contributed by atoms with Crippen molar-refractivity contribution in [2.45, 2.75) is 78.3 Å². The summed E-state index contributed by atoms with van der Waals surface area (Å²) in [5.74, 6) is 2.04. The van der Waals surface area contributed by atoms with Gasteiger partial charge >= 0.3 is 0 Å². The van der Waals surface area contributed by atoms with E-state index in [1.54, 1.807) is 0 Å². The Morgan fingerprint density at radius 3 is 2.12 bits per heavy atom. The van der Waals surface area contributed by atoms with Crippen LogP contribution in [0.3, 0.4) is 0 Å². The average Bonchev–Trinajstić information content (AvgIpc) is 2.57. The van der Waals surface area contributed by atoms with Gasteiger partial charge in [0.2, 0.25) is 0 Å². The minimum absolute atomic E-state index is 0.299. The third-order valence-corrected chi connectivity index (χ3v) is 4.29. The van der Waals surface area contributed by atoms with Crippen LogP contribution in [0.4, 0.5) is 0 Å². The van der Waals surface area contributed by atoms with E-state index in [-0.39, 0.29) is 0 Å². The Labute approximate surface area is 101 Å². The zero-order valence-electron chi connectivity index (χ0n) is 11.8. The van der Waals surface area contributed by atoms with E-state index in [4.69, 9.17) is 0 Å². The van der Waals surface area contributed by atoms with E-state index in [2.05, 4.69) is 39.9 Å². The highest BCUT2D eigenvalue weighted by atomic mass is 15.0. The second-order valence-electron chi connectivity index (χ2n) is 8.05. The Balaban J connectivity index is 1.89. The summed E-state index contributed by atoms with van der Waals surface area (Å²) < 4.78 is 0. The number of hydrogen-bond donors (Lipinski definition) is 1. The molecular weight excluding hydrogens is 194 g/mol. The van der Waals surface area contributed by atoms with Gasteiger partial charge in [-0.15, -0.1) is 0 Å². The lowest BCUT2D eigenvalue weighted by atomic mass is 9.80. The van der Waals surface area contributed by atoms with E-state index in [9.17, 15) is 0 Å². The SMILES string of the molecule is CC(C)(C)CC(C)(C)NC1CC2CCC1C2. The number of rotatable bonds is 3. The minimum Gasteiger partial charge on any atom is -0.309 e. The van der Waals surface area contributed by atoms with Gasteiger partial charge < -0.3 is 5.32 Å². The Hall–Kier alpha value is -0.0400. The topological polar surface area (TPSA) is 12.0 Å². The van der Waals surface area contributed by atoms with E-state index >= 15 is 0 Å². The Morgan fingerprint density at radius 2 is 1.69 bits per heavy atom. The molecule has 1 N–H and O–H groups in total. The molecular formula is C15H29N. The number of fused-ring (bicyclic) bond motifs is 2. The second-order valence-corrected chi connectivity index (χ2v) is 8.05. The minimum atomic E-state index is 0.299. The lowest BCUT2D eigenvalue weighted by Crippen LogP contribution is -2.49. The van der Waals surface area contributed by atoms with Crippen LogP contribution in [0.2, 0.25) is 0 Å². The summed E-state index contributed by atoms with van der Waals surface area (Å²) >= 11 is 0. The van der Waals surface area contributed by atoms with Gasteiger partial charge in [0.05, 0.1) is 0 Å². The normalized spacial score (nSPS) is 34.7. The first kappa shape index (κ1) is 12.4. The molecule has 0 saturated heterocycles. The van der Waals surface area contributed by atoms with Gasteiger partial charge in [-0.2, -0.15) is 0 Å². The molecule has 0 aromatic carbocycles. The van der Waals surface area contributed by atoms with Crippen molar-refractivity contribution in [3.05, 3.63) is 0 Å². The van der Waals surface area contributed by atoms with Gasteiger partial charge in [-0.3, -0.25) is 0 Å². The Bertz CT molecular complexity index is 249. The molecule has 1 nitrogen and oxygen atoms in total. The molecule has 3 atom stereocenters. The summed E-state index contributed by atoms with van der Waals surface area (Å²) in [6.45, 7) is 11.8. The van der Waals surface area contributed by atoms with Crippen LogP contribution < -0.4 is 5.32 Å². The molecule has 2 rings (SSSR count). The number of nitrogens with one attached hydrogen (secondary N) is 1. The molecule has 0 aliphatic heterocycles. The molecule has 1 heteroatoms. The molecule has 0 radical (unpaired) electrons. The van der Waals surface area contributed by atoms with E-state index in [0.717, 1.165) is 17.9 Å². The first-order chi connectivity index (χ1) is 7.25. The summed E-state index contributed by atoms with van der Waals surface area (Å²) in [5.41, 5.74) is 0.724. The third kappa shape index (κ3) is 3.00. The van der Waals surface area contributed by atoms with Gasteiger partial charge in [0.1, 0.15) is 0 Å². The summed E-state index contributed by atoms with van der Waals surface area (Å²) in [6.07, 6.45) is 7.19. The fourth-order valence-corrected chi connectivity index (χ4v) is 4.30. The van der Waals surface area contributed by atoms with Crippen molar-refractivity contribution in [3.63, 3.8) is 0 Å². The summed E-state index contributed by atoms with van der Waals surface area (Å²) in [4.78, 5) is 0. The highest BCUT2D eigenvalue weighted by Crippen LogP contribution is 2.45. The third-order valence-electron chi connectivity index (χ3n) is 4.29. The smallest absolute Gasteiger partial charge is 0.0132 e. The summed E-state index contributed by atoms with van der Waals surface area (Å²) in [7, 11) is 0. The van der Waals surface area contributed by atoms with Crippen LogP contribution in [0.5, 0.6) is 0 Å². The molecule has 2 bridgehead atoms. The average molecular weight is 223 g/mol. The predicted molar refractivity (Wildman–Crippen MR) is 70.5 cm³/mol. The van der Waals surface area contributed by atoms with Gasteiger partial charge in [-0.25, -0.2) is 0 Å².